The highest BCUT2D eigenvalue weighted by molar-refractivity contribution is 4.99. The monoisotopic (exact) mass is 322 g/mol. The molecule has 0 aromatic heterocycles. The third-order valence-electron chi connectivity index (χ3n) is 4.36. The van der Waals surface area contributed by atoms with Crippen molar-refractivity contribution in [1.82, 2.24) is 0 Å². The molecule has 0 aromatic carbocycles. The van der Waals surface area contributed by atoms with E-state index in [1.165, 1.54) is 0 Å². The Balaban J connectivity index is 2.08. The number of hydrogen-bond donors (Lipinski definition) is 8. The van der Waals surface area contributed by atoms with E-state index in [1.54, 1.807) is 0 Å². The molecule has 2 rings (SSSR count). The summed E-state index contributed by atoms with van der Waals surface area (Å²) in [6, 6.07) is -2.34. The van der Waals surface area contributed by atoms with Crippen LogP contribution >= 0.6 is 0 Å². The molecular formula is C12H26N4O6. The maximum atomic E-state index is 10.1. The molecule has 0 amide bonds. The molecule has 1 aliphatic carbocycles. The van der Waals surface area contributed by atoms with Gasteiger partial charge in [-0.2, -0.15) is 0 Å². The lowest BCUT2D eigenvalue weighted by Gasteiger charge is -2.45. The molecule has 12 N–H and O–H groups in total. The summed E-state index contributed by atoms with van der Waals surface area (Å²) in [5, 5.41) is 39.6. The van der Waals surface area contributed by atoms with Crippen LogP contribution in [0.5, 0.6) is 0 Å². The van der Waals surface area contributed by atoms with Crippen LogP contribution in [0.2, 0.25) is 0 Å². The maximum Gasteiger partial charge on any atom is 0.176 e. The van der Waals surface area contributed by atoms with E-state index in [1.807, 2.05) is 0 Å². The first kappa shape index (κ1) is 17.9. The summed E-state index contributed by atoms with van der Waals surface area (Å²) in [5.41, 5.74) is 22.8. The van der Waals surface area contributed by atoms with E-state index < -0.39 is 61.0 Å². The van der Waals surface area contributed by atoms with Gasteiger partial charge in [-0.1, -0.05) is 0 Å². The zero-order valence-corrected chi connectivity index (χ0v) is 12.1. The van der Waals surface area contributed by atoms with Gasteiger partial charge in [0.1, 0.15) is 30.5 Å². The molecule has 10 nitrogen and oxygen atoms in total. The number of aliphatic hydroxyl groups is 4. The van der Waals surface area contributed by atoms with Crippen molar-refractivity contribution in [3.8, 4) is 0 Å². The fourth-order valence-electron chi connectivity index (χ4n) is 2.89. The number of aliphatic hydroxyl groups excluding tert-OH is 4. The largest absolute Gasteiger partial charge is 0.389 e. The van der Waals surface area contributed by atoms with Crippen molar-refractivity contribution in [2.75, 3.05) is 6.54 Å². The van der Waals surface area contributed by atoms with Crippen LogP contribution in [-0.2, 0) is 9.47 Å². The third-order valence-corrected chi connectivity index (χ3v) is 4.36. The summed E-state index contributed by atoms with van der Waals surface area (Å²) in [6.07, 6.45) is -7.73. The molecular weight excluding hydrogens is 296 g/mol. The molecule has 130 valence electrons. The maximum absolute atomic E-state index is 10.1. The first-order valence-corrected chi connectivity index (χ1v) is 7.28. The van der Waals surface area contributed by atoms with E-state index in [2.05, 4.69) is 0 Å². The van der Waals surface area contributed by atoms with Gasteiger partial charge in [-0.25, -0.2) is 0 Å². The quantitative estimate of drug-likeness (QED) is 0.248. The predicted molar refractivity (Wildman–Crippen MR) is 75.2 cm³/mol. The van der Waals surface area contributed by atoms with Gasteiger partial charge in [-0.3, -0.25) is 0 Å². The zero-order chi connectivity index (χ0) is 16.6. The van der Waals surface area contributed by atoms with Gasteiger partial charge in [-0.15, -0.1) is 0 Å². The molecule has 0 radical (unpaired) electrons. The van der Waals surface area contributed by atoms with E-state index in [-0.39, 0.29) is 13.0 Å². The highest BCUT2D eigenvalue weighted by Crippen LogP contribution is 2.26. The standard InChI is InChI=1S/C12H26N4O6/c13-2-5-8(18)9(19)6(16)12(21-5)22-11-4(15)1-3(14)7(17)10(11)20/h3-12,17-20H,1-2,13-16H2/t3-,4?,5?,6+,7-,8-,9?,10?,11-,12+/m1/s1. The van der Waals surface area contributed by atoms with E-state index >= 15 is 0 Å². The minimum Gasteiger partial charge on any atom is -0.389 e. The van der Waals surface area contributed by atoms with Gasteiger partial charge in [0.2, 0.25) is 0 Å². The predicted octanol–water partition coefficient (Wildman–Crippen LogP) is -5.12. The molecule has 0 spiro atoms. The van der Waals surface area contributed by atoms with E-state index in [9.17, 15) is 20.4 Å². The van der Waals surface area contributed by atoms with Crippen molar-refractivity contribution in [2.24, 2.45) is 22.9 Å². The second kappa shape index (κ2) is 7.01. The van der Waals surface area contributed by atoms with Gasteiger partial charge in [0.15, 0.2) is 6.29 Å². The number of rotatable bonds is 3. The lowest BCUT2D eigenvalue weighted by molar-refractivity contribution is -0.287. The van der Waals surface area contributed by atoms with Crippen molar-refractivity contribution in [2.45, 2.75) is 67.5 Å². The minimum atomic E-state index is -1.31. The van der Waals surface area contributed by atoms with Crippen LogP contribution in [0.3, 0.4) is 0 Å². The van der Waals surface area contributed by atoms with Crippen LogP contribution in [0, 0.1) is 0 Å². The lowest BCUT2D eigenvalue weighted by Crippen LogP contribution is -2.67. The van der Waals surface area contributed by atoms with Crippen LogP contribution in [0.1, 0.15) is 6.42 Å². The van der Waals surface area contributed by atoms with Crippen molar-refractivity contribution in [1.29, 1.82) is 0 Å². The topological polar surface area (TPSA) is 203 Å². The lowest BCUT2D eigenvalue weighted by atomic mass is 9.84. The van der Waals surface area contributed by atoms with Crippen LogP contribution in [0.4, 0.5) is 0 Å². The summed E-state index contributed by atoms with van der Waals surface area (Å²) < 4.78 is 11.0. The molecule has 2 aliphatic rings. The summed E-state index contributed by atoms with van der Waals surface area (Å²) in [5.74, 6) is 0. The van der Waals surface area contributed by atoms with Crippen molar-refractivity contribution in [3.63, 3.8) is 0 Å². The SMILES string of the molecule is NCC1O[C@@H](O[C@@H]2C(N)C[C@@H](N)[C@@H](O)C2O)[C@@H](N)C(O)[C@@H]1O. The molecule has 4 unspecified atom stereocenters. The van der Waals surface area contributed by atoms with Gasteiger partial charge >= 0.3 is 0 Å². The fraction of sp³-hybridized carbons (Fsp3) is 1.00. The Bertz CT molecular complexity index is 376. The fourth-order valence-corrected chi connectivity index (χ4v) is 2.89. The minimum absolute atomic E-state index is 0.0441. The summed E-state index contributed by atoms with van der Waals surface area (Å²) >= 11 is 0. The summed E-state index contributed by atoms with van der Waals surface area (Å²) in [6.45, 7) is -0.0441. The van der Waals surface area contributed by atoms with Crippen molar-refractivity contribution >= 4 is 0 Å². The molecule has 0 bridgehead atoms. The Hall–Kier alpha value is -0.400. The van der Waals surface area contributed by atoms with Gasteiger partial charge in [0, 0.05) is 18.6 Å². The van der Waals surface area contributed by atoms with Gasteiger partial charge in [-0.05, 0) is 6.42 Å². The molecule has 0 aromatic rings. The Morgan fingerprint density at radius 3 is 2.14 bits per heavy atom. The summed E-state index contributed by atoms with van der Waals surface area (Å²) in [7, 11) is 0. The number of nitrogens with two attached hydrogens (primary N) is 4. The van der Waals surface area contributed by atoms with E-state index in [0.29, 0.717) is 0 Å². The van der Waals surface area contributed by atoms with Gasteiger partial charge in [0.05, 0.1) is 12.1 Å². The molecule has 2 fully saturated rings. The van der Waals surface area contributed by atoms with Gasteiger partial charge in [0.25, 0.3) is 0 Å². The van der Waals surface area contributed by atoms with Crippen LogP contribution in [0.15, 0.2) is 0 Å². The number of ether oxygens (including phenoxy) is 2. The Kier molecular flexibility index (Phi) is 5.72. The molecule has 10 heteroatoms. The summed E-state index contributed by atoms with van der Waals surface area (Å²) in [4.78, 5) is 0. The van der Waals surface area contributed by atoms with Crippen molar-refractivity contribution < 1.29 is 29.9 Å². The molecule has 1 aliphatic heterocycles. The van der Waals surface area contributed by atoms with Crippen LogP contribution in [0.25, 0.3) is 0 Å². The van der Waals surface area contributed by atoms with Crippen molar-refractivity contribution in [3.05, 3.63) is 0 Å². The molecule has 1 heterocycles. The average Bonchev–Trinajstić information content (AvgIpc) is 2.49. The highest BCUT2D eigenvalue weighted by Gasteiger charge is 2.47. The Morgan fingerprint density at radius 2 is 1.55 bits per heavy atom. The molecule has 22 heavy (non-hydrogen) atoms. The highest BCUT2D eigenvalue weighted by atomic mass is 16.7. The smallest absolute Gasteiger partial charge is 0.176 e. The number of hydrogen-bond acceptors (Lipinski definition) is 10. The van der Waals surface area contributed by atoms with Gasteiger partial charge < -0.3 is 52.8 Å². The normalized spacial score (nSPS) is 53.5. The second-order valence-electron chi connectivity index (χ2n) is 5.98. The first-order chi connectivity index (χ1) is 10.3. The first-order valence-electron chi connectivity index (χ1n) is 7.28. The molecule has 1 saturated heterocycles. The third kappa shape index (κ3) is 3.26. The second-order valence-corrected chi connectivity index (χ2v) is 5.98. The molecule has 1 saturated carbocycles. The molecule has 10 atom stereocenters. The zero-order valence-electron chi connectivity index (χ0n) is 12.1. The van der Waals surface area contributed by atoms with Crippen LogP contribution in [-0.4, -0.2) is 88.0 Å². The Labute approximate surface area is 128 Å². The van der Waals surface area contributed by atoms with Crippen LogP contribution < -0.4 is 22.9 Å². The van der Waals surface area contributed by atoms with E-state index in [4.69, 9.17) is 32.4 Å². The Morgan fingerprint density at radius 1 is 0.909 bits per heavy atom. The van der Waals surface area contributed by atoms with E-state index in [0.717, 1.165) is 0 Å². The average molecular weight is 322 g/mol.